The third-order valence-electron chi connectivity index (χ3n) is 11.2. The number of nitrogens with zero attached hydrogens (tertiary/aromatic N) is 1. The van der Waals surface area contributed by atoms with E-state index >= 15 is 0 Å². The van der Waals surface area contributed by atoms with Crippen molar-refractivity contribution in [2.75, 3.05) is 40.5 Å². The first kappa shape index (κ1) is 54.4. The zero-order chi connectivity index (χ0) is 41.2. The smallest absolute Gasteiger partial charge is 0.305 e. The highest BCUT2D eigenvalue weighted by Crippen LogP contribution is 2.24. The van der Waals surface area contributed by atoms with Crippen molar-refractivity contribution in [3.63, 3.8) is 0 Å². The van der Waals surface area contributed by atoms with Crippen LogP contribution in [0.4, 0.5) is 0 Å². The molecule has 0 spiro atoms. The van der Waals surface area contributed by atoms with Gasteiger partial charge in [0.25, 0.3) is 0 Å². The molecule has 0 N–H and O–H groups in total. The van der Waals surface area contributed by atoms with E-state index in [1.165, 1.54) is 154 Å². The predicted molar refractivity (Wildman–Crippen MR) is 237 cm³/mol. The van der Waals surface area contributed by atoms with Crippen molar-refractivity contribution in [1.29, 1.82) is 0 Å². The fourth-order valence-corrected chi connectivity index (χ4v) is 7.65. The van der Waals surface area contributed by atoms with E-state index in [9.17, 15) is 14.4 Å². The first-order chi connectivity index (χ1) is 27.3. The van der Waals surface area contributed by atoms with Gasteiger partial charge in [-0.15, -0.1) is 0 Å². The summed E-state index contributed by atoms with van der Waals surface area (Å²) in [6.07, 6.45) is 41.8. The lowest BCUT2D eigenvalue weighted by Crippen LogP contribution is -2.46. The maximum atomic E-state index is 12.9. The van der Waals surface area contributed by atoms with Crippen LogP contribution in [0, 0.1) is 5.41 Å². The molecule has 0 atom stereocenters. The van der Waals surface area contributed by atoms with Crippen molar-refractivity contribution in [2.45, 2.75) is 252 Å². The summed E-state index contributed by atoms with van der Waals surface area (Å²) in [7, 11) is 3.89. The summed E-state index contributed by atoms with van der Waals surface area (Å²) in [5, 5.41) is 0. The van der Waals surface area contributed by atoms with E-state index in [1.54, 1.807) is 0 Å². The number of ether oxygens (including phenoxy) is 3. The molecule has 0 radical (unpaired) electrons. The lowest BCUT2D eigenvalue weighted by molar-refractivity contribution is -0.163. The molecule has 0 amide bonds. The molecule has 332 valence electrons. The molecule has 0 aliphatic heterocycles. The Bertz CT molecular complexity index is 839. The summed E-state index contributed by atoms with van der Waals surface area (Å²) in [5.41, 5.74) is -0.823. The average molecular weight is 794 g/mol. The first-order valence-electron chi connectivity index (χ1n) is 24.4. The standard InChI is InChI=1S/C49H95NO6/c1-6-9-12-15-18-21-22-23-24-25-26-29-32-35-38-41-48(53)56-45-49(42-50(4)5,43-54-46(51)39-36-33-30-27-19-16-13-10-7-2)44-55-47(52)40-37-34-31-28-20-17-14-11-8-3/h6-45H2,1-5H3. The van der Waals surface area contributed by atoms with Gasteiger partial charge in [0, 0.05) is 25.8 Å². The van der Waals surface area contributed by atoms with Crippen LogP contribution in [0.1, 0.15) is 252 Å². The molecule has 0 aromatic rings. The van der Waals surface area contributed by atoms with Crippen molar-refractivity contribution in [3.8, 4) is 0 Å². The first-order valence-corrected chi connectivity index (χ1v) is 24.4. The normalized spacial score (nSPS) is 11.7. The highest BCUT2D eigenvalue weighted by atomic mass is 16.6. The zero-order valence-electron chi connectivity index (χ0n) is 38.2. The Morgan fingerprint density at radius 2 is 0.536 bits per heavy atom. The Labute approximate surface area is 348 Å². The van der Waals surface area contributed by atoms with E-state index in [-0.39, 0.29) is 37.7 Å². The van der Waals surface area contributed by atoms with E-state index in [0.717, 1.165) is 57.8 Å². The van der Waals surface area contributed by atoms with Gasteiger partial charge < -0.3 is 19.1 Å². The molecule has 0 unspecified atom stereocenters. The zero-order valence-corrected chi connectivity index (χ0v) is 38.2. The Hall–Kier alpha value is -1.63. The van der Waals surface area contributed by atoms with E-state index in [2.05, 4.69) is 20.8 Å². The summed E-state index contributed by atoms with van der Waals surface area (Å²) < 4.78 is 17.6. The third-order valence-corrected chi connectivity index (χ3v) is 11.2. The third kappa shape index (κ3) is 37.9. The highest BCUT2D eigenvalue weighted by molar-refractivity contribution is 5.70. The molecule has 0 fully saturated rings. The number of rotatable bonds is 44. The lowest BCUT2D eigenvalue weighted by Gasteiger charge is -2.34. The molecule has 56 heavy (non-hydrogen) atoms. The van der Waals surface area contributed by atoms with Crippen molar-refractivity contribution in [3.05, 3.63) is 0 Å². The Morgan fingerprint density at radius 3 is 0.732 bits per heavy atom. The van der Waals surface area contributed by atoms with Crippen LogP contribution in [0.2, 0.25) is 0 Å². The fraction of sp³-hybridized carbons (Fsp3) is 0.939. The molecule has 0 saturated heterocycles. The second kappa shape index (κ2) is 41.5. The van der Waals surface area contributed by atoms with E-state index < -0.39 is 5.41 Å². The van der Waals surface area contributed by atoms with Crippen LogP contribution in [0.3, 0.4) is 0 Å². The minimum atomic E-state index is -0.823. The van der Waals surface area contributed by atoms with Gasteiger partial charge in [-0.05, 0) is 33.4 Å². The van der Waals surface area contributed by atoms with Gasteiger partial charge >= 0.3 is 17.9 Å². The summed E-state index contributed by atoms with van der Waals surface area (Å²) in [4.78, 5) is 40.7. The summed E-state index contributed by atoms with van der Waals surface area (Å²) in [6.45, 7) is 7.39. The molecule has 0 aliphatic carbocycles. The SMILES string of the molecule is CCCCCCCCCCCCCCCCCC(=O)OCC(COC(=O)CCCCCCCCCCC)(COC(=O)CCCCCCCCCCC)CN(C)C. The molecule has 7 nitrogen and oxygen atoms in total. The maximum Gasteiger partial charge on any atom is 0.305 e. The van der Waals surface area contributed by atoms with Crippen molar-refractivity contribution >= 4 is 17.9 Å². The molecule has 0 aromatic heterocycles. The number of hydrogen-bond acceptors (Lipinski definition) is 7. The monoisotopic (exact) mass is 794 g/mol. The second-order valence-electron chi connectivity index (χ2n) is 17.6. The van der Waals surface area contributed by atoms with Crippen LogP contribution in [0.5, 0.6) is 0 Å². The van der Waals surface area contributed by atoms with Crippen LogP contribution >= 0.6 is 0 Å². The minimum Gasteiger partial charge on any atom is -0.465 e. The Kier molecular flexibility index (Phi) is 40.3. The Balaban J connectivity index is 4.77. The highest BCUT2D eigenvalue weighted by Gasteiger charge is 2.36. The Morgan fingerprint density at radius 1 is 0.339 bits per heavy atom. The molecule has 7 heteroatoms. The topological polar surface area (TPSA) is 82.1 Å². The van der Waals surface area contributed by atoms with E-state index in [1.807, 2.05) is 19.0 Å². The van der Waals surface area contributed by atoms with Crippen molar-refractivity contribution < 1.29 is 28.6 Å². The number of carbonyl (C=O) groups excluding carboxylic acids is 3. The average Bonchev–Trinajstić information content (AvgIpc) is 3.18. The van der Waals surface area contributed by atoms with Crippen LogP contribution in [0.15, 0.2) is 0 Å². The van der Waals surface area contributed by atoms with Gasteiger partial charge in [-0.2, -0.15) is 0 Å². The van der Waals surface area contributed by atoms with Gasteiger partial charge in [0.15, 0.2) is 0 Å². The molecule has 0 saturated carbocycles. The number of unbranched alkanes of at least 4 members (excludes halogenated alkanes) is 30. The maximum absolute atomic E-state index is 12.9. The number of esters is 3. The van der Waals surface area contributed by atoms with Gasteiger partial charge in [0.05, 0.1) is 5.41 Å². The van der Waals surface area contributed by atoms with Gasteiger partial charge in [0.2, 0.25) is 0 Å². The molecular weight excluding hydrogens is 699 g/mol. The summed E-state index contributed by atoms with van der Waals surface area (Å²) >= 11 is 0. The summed E-state index contributed by atoms with van der Waals surface area (Å²) in [6, 6.07) is 0. The van der Waals surface area contributed by atoms with Gasteiger partial charge in [-0.1, -0.05) is 213 Å². The van der Waals surface area contributed by atoms with Crippen molar-refractivity contribution in [2.24, 2.45) is 5.41 Å². The van der Waals surface area contributed by atoms with Gasteiger partial charge in [-0.3, -0.25) is 14.4 Å². The van der Waals surface area contributed by atoms with Crippen LogP contribution in [0.25, 0.3) is 0 Å². The molecule has 0 heterocycles. The van der Waals surface area contributed by atoms with Crippen molar-refractivity contribution in [1.82, 2.24) is 4.90 Å². The van der Waals surface area contributed by atoms with Crippen LogP contribution in [-0.2, 0) is 28.6 Å². The minimum absolute atomic E-state index is 0.0546. The summed E-state index contributed by atoms with van der Waals surface area (Å²) in [5.74, 6) is -0.702. The lowest BCUT2D eigenvalue weighted by atomic mass is 9.90. The number of hydrogen-bond donors (Lipinski definition) is 0. The molecule has 0 aromatic carbocycles. The molecule has 0 bridgehead atoms. The number of carbonyl (C=O) groups is 3. The van der Waals surface area contributed by atoms with Crippen LogP contribution < -0.4 is 0 Å². The quantitative estimate of drug-likeness (QED) is 0.0345. The van der Waals surface area contributed by atoms with Gasteiger partial charge in [0.1, 0.15) is 19.8 Å². The fourth-order valence-electron chi connectivity index (χ4n) is 7.65. The second-order valence-corrected chi connectivity index (χ2v) is 17.6. The van der Waals surface area contributed by atoms with Crippen LogP contribution in [-0.4, -0.2) is 63.3 Å². The predicted octanol–water partition coefficient (Wildman–Crippen LogP) is 14.3. The molecule has 0 aliphatic rings. The van der Waals surface area contributed by atoms with E-state index in [4.69, 9.17) is 14.2 Å². The molecule has 0 rings (SSSR count). The van der Waals surface area contributed by atoms with E-state index in [0.29, 0.717) is 25.8 Å². The van der Waals surface area contributed by atoms with Gasteiger partial charge in [-0.25, -0.2) is 0 Å². The molecular formula is C49H95NO6. The largest absolute Gasteiger partial charge is 0.465 e.